The van der Waals surface area contributed by atoms with Crippen molar-refractivity contribution in [3.05, 3.63) is 76.5 Å². The number of nitriles is 1. The van der Waals surface area contributed by atoms with Crippen LogP contribution >= 0.6 is 0 Å². The van der Waals surface area contributed by atoms with E-state index in [0.29, 0.717) is 5.56 Å². The number of allylic oxidation sites excluding steroid dienone is 2. The van der Waals surface area contributed by atoms with E-state index in [-0.39, 0.29) is 50.9 Å². The summed E-state index contributed by atoms with van der Waals surface area (Å²) in [7, 11) is 1.39. The maximum Gasteiger partial charge on any atom is 0.405 e. The number of halogens is 4. The highest BCUT2D eigenvalue weighted by Gasteiger charge is 2.32. The van der Waals surface area contributed by atoms with E-state index in [1.165, 1.54) is 49.5 Å². The molecule has 2 heterocycles. The molecule has 0 bridgehead atoms. The van der Waals surface area contributed by atoms with Crippen molar-refractivity contribution in [2.45, 2.75) is 32.5 Å². The van der Waals surface area contributed by atoms with E-state index in [1.807, 2.05) is 0 Å². The average Bonchev–Trinajstić information content (AvgIpc) is 3.33. The Morgan fingerprint density at radius 1 is 1.17 bits per heavy atom. The Bertz CT molecular complexity index is 1750. The molecule has 216 valence electrons. The van der Waals surface area contributed by atoms with Gasteiger partial charge in [0.05, 0.1) is 22.6 Å². The quantitative estimate of drug-likeness (QED) is 0.234. The van der Waals surface area contributed by atoms with Gasteiger partial charge in [0, 0.05) is 18.2 Å². The van der Waals surface area contributed by atoms with E-state index in [9.17, 15) is 32.4 Å². The fourth-order valence-electron chi connectivity index (χ4n) is 4.02. The Kier molecular flexibility index (Phi) is 8.12. The van der Waals surface area contributed by atoms with Crippen LogP contribution in [-0.2, 0) is 4.79 Å². The number of benzene rings is 1. The van der Waals surface area contributed by atoms with Crippen LogP contribution in [0.4, 0.5) is 23.4 Å². The predicted molar refractivity (Wildman–Crippen MR) is 147 cm³/mol. The largest absolute Gasteiger partial charge is 0.437 e. The summed E-state index contributed by atoms with van der Waals surface area (Å²) >= 11 is 0. The minimum absolute atomic E-state index is 0.0257. The number of carbonyl (C=O) groups is 2. The molecule has 4 rings (SSSR count). The van der Waals surface area contributed by atoms with Crippen molar-refractivity contribution in [1.82, 2.24) is 15.6 Å². The molecule has 12 heteroatoms. The molecule has 1 atom stereocenters. The minimum Gasteiger partial charge on any atom is -0.437 e. The molecule has 1 aliphatic rings. The molecular weight excluding hydrogens is 554 g/mol. The normalized spacial score (nSPS) is 14.2. The third-order valence-corrected chi connectivity index (χ3v) is 6.75. The molecule has 0 radical (unpaired) electrons. The van der Waals surface area contributed by atoms with E-state index in [4.69, 9.17) is 4.42 Å². The Morgan fingerprint density at radius 3 is 2.45 bits per heavy atom. The zero-order valence-electron chi connectivity index (χ0n) is 23.0. The Morgan fingerprint density at radius 2 is 1.86 bits per heavy atom. The van der Waals surface area contributed by atoms with Crippen molar-refractivity contribution in [3.63, 3.8) is 0 Å². The predicted octanol–water partition coefficient (Wildman–Crippen LogP) is 5.66. The van der Waals surface area contributed by atoms with E-state index >= 15 is 0 Å². The van der Waals surface area contributed by atoms with Gasteiger partial charge in [0.15, 0.2) is 0 Å². The molecule has 1 aromatic carbocycles. The van der Waals surface area contributed by atoms with Gasteiger partial charge in [0.1, 0.15) is 29.5 Å². The van der Waals surface area contributed by atoms with Gasteiger partial charge in [-0.15, -0.1) is 0 Å². The Labute approximate surface area is 238 Å². The van der Waals surface area contributed by atoms with Crippen LogP contribution in [0.1, 0.15) is 36.7 Å². The molecule has 1 aliphatic carbocycles. The molecule has 3 N–H and O–H groups in total. The average molecular weight is 580 g/mol. The van der Waals surface area contributed by atoms with Crippen LogP contribution in [0, 0.1) is 23.1 Å². The van der Waals surface area contributed by atoms with E-state index in [1.54, 1.807) is 20.8 Å². The lowest BCUT2D eigenvalue weighted by Crippen LogP contribution is -2.49. The van der Waals surface area contributed by atoms with Crippen LogP contribution in [0.15, 0.2) is 63.9 Å². The van der Waals surface area contributed by atoms with Crippen LogP contribution in [0.5, 0.6) is 0 Å². The molecule has 1 unspecified atom stereocenters. The number of hydrogen-bond acceptors (Lipinski definition) is 6. The first kappa shape index (κ1) is 29.9. The molecule has 0 fully saturated rings. The standard InChI is InChI=1S/C30H25F4N5O3/c1-16(2)29(3,14-35)39-26(40)19-7-5-6-18(12-19)21-13-22-23(27(41)36-4)24(17-8-10-20(31)11-9-17)42-28(22)38-25(21)37-15-30(32,33)34/h6,8-13,16H,15H2,1-4H3,(H,36,41)(H,37,38)(H,39,40). The number of aromatic nitrogens is 1. The van der Waals surface area contributed by atoms with Gasteiger partial charge in [0.2, 0.25) is 5.71 Å². The van der Waals surface area contributed by atoms with Crippen molar-refractivity contribution < 1.29 is 31.6 Å². The van der Waals surface area contributed by atoms with Crippen molar-refractivity contribution in [1.29, 1.82) is 5.26 Å². The van der Waals surface area contributed by atoms with Gasteiger partial charge in [-0.25, -0.2) is 4.39 Å². The number of carbonyl (C=O) groups excluding carboxylic acids is 2. The second kappa shape index (κ2) is 11.4. The van der Waals surface area contributed by atoms with Gasteiger partial charge in [-0.2, -0.15) is 23.4 Å². The number of rotatable bonds is 8. The second-order valence-corrected chi connectivity index (χ2v) is 9.95. The summed E-state index contributed by atoms with van der Waals surface area (Å²) in [6.07, 6.45) is -1.83. The number of nitrogens with zero attached hydrogens (tertiary/aromatic N) is 2. The molecule has 2 aromatic heterocycles. The molecule has 0 saturated heterocycles. The zero-order chi connectivity index (χ0) is 30.8. The second-order valence-electron chi connectivity index (χ2n) is 9.95. The fraction of sp³-hybridized carbons (Fsp3) is 0.267. The number of hydrogen-bond donors (Lipinski definition) is 3. The summed E-state index contributed by atoms with van der Waals surface area (Å²) in [5.41, 5.74) is 4.69. The third kappa shape index (κ3) is 6.13. The number of alkyl halides is 3. The van der Waals surface area contributed by atoms with Crippen LogP contribution in [0.25, 0.3) is 28.0 Å². The van der Waals surface area contributed by atoms with Gasteiger partial charge in [0.25, 0.3) is 11.8 Å². The van der Waals surface area contributed by atoms with Crippen LogP contribution in [-0.4, -0.2) is 42.1 Å². The number of amides is 2. The van der Waals surface area contributed by atoms with Crippen molar-refractivity contribution in [3.8, 4) is 17.4 Å². The highest BCUT2D eigenvalue weighted by molar-refractivity contribution is 6.11. The van der Waals surface area contributed by atoms with Crippen molar-refractivity contribution >= 4 is 34.3 Å². The molecule has 3 aromatic rings. The highest BCUT2D eigenvalue weighted by atomic mass is 19.4. The molecule has 2 amide bonds. The summed E-state index contributed by atoms with van der Waals surface area (Å²) in [4.78, 5) is 30.3. The molecule has 0 aliphatic heterocycles. The first-order valence-corrected chi connectivity index (χ1v) is 12.7. The summed E-state index contributed by atoms with van der Waals surface area (Å²) in [5, 5.41) is 17.2. The number of anilines is 1. The van der Waals surface area contributed by atoms with Crippen LogP contribution in [0.3, 0.4) is 0 Å². The number of pyridine rings is 1. The minimum atomic E-state index is -4.59. The van der Waals surface area contributed by atoms with Gasteiger partial charge >= 0.3 is 6.18 Å². The lowest BCUT2D eigenvalue weighted by molar-refractivity contribution is -0.118. The summed E-state index contributed by atoms with van der Waals surface area (Å²) < 4.78 is 59.0. The molecule has 42 heavy (non-hydrogen) atoms. The summed E-state index contributed by atoms with van der Waals surface area (Å²) in [6, 6.07) is 8.62. The topological polar surface area (TPSA) is 120 Å². The van der Waals surface area contributed by atoms with Crippen molar-refractivity contribution in [2.24, 2.45) is 5.92 Å². The zero-order valence-corrected chi connectivity index (χ0v) is 23.0. The van der Waals surface area contributed by atoms with Crippen molar-refractivity contribution in [2.75, 3.05) is 18.9 Å². The number of fused-ring (bicyclic) bond motifs is 1. The van der Waals surface area contributed by atoms with Crippen LogP contribution < -0.4 is 16.0 Å². The molecule has 0 spiro atoms. The maximum atomic E-state index is 13.6. The van der Waals surface area contributed by atoms with Gasteiger partial charge < -0.3 is 20.4 Å². The van der Waals surface area contributed by atoms with Gasteiger partial charge in [-0.1, -0.05) is 25.3 Å². The lowest BCUT2D eigenvalue weighted by atomic mass is 9.89. The van der Waals surface area contributed by atoms with E-state index in [2.05, 4.69) is 38.5 Å². The smallest absolute Gasteiger partial charge is 0.405 e. The van der Waals surface area contributed by atoms with E-state index in [0.717, 1.165) is 0 Å². The summed E-state index contributed by atoms with van der Waals surface area (Å²) in [5.74, 6) is -2.17. The molecule has 0 saturated carbocycles. The number of nitrogens with one attached hydrogen (secondary N) is 3. The summed E-state index contributed by atoms with van der Waals surface area (Å²) in [6.45, 7) is 3.67. The highest BCUT2D eigenvalue weighted by Crippen LogP contribution is 2.37. The molecular formula is C30H25F4N5O3. The van der Waals surface area contributed by atoms with E-state index < -0.39 is 35.9 Å². The van der Waals surface area contributed by atoms with Crippen LogP contribution in [0.2, 0.25) is 0 Å². The SMILES string of the molecule is CNC(=O)c1c(-c2ccc(F)cc2)oc2nc(NCC(F)(F)F)c(C3=CC(C(=O)NC(C)(C#N)C(C)C)=C=C=C3)cc12. The monoisotopic (exact) mass is 579 g/mol. The van der Waals surface area contributed by atoms with Gasteiger partial charge in [-0.3, -0.25) is 9.59 Å². The number of furan rings is 1. The third-order valence-electron chi connectivity index (χ3n) is 6.75. The first-order chi connectivity index (χ1) is 19.8. The first-order valence-electron chi connectivity index (χ1n) is 12.7. The Hall–Kier alpha value is -5.10. The Balaban J connectivity index is 1.88. The molecule has 8 nitrogen and oxygen atoms in total. The van der Waals surface area contributed by atoms with Gasteiger partial charge in [-0.05, 0) is 60.9 Å². The lowest BCUT2D eigenvalue weighted by Gasteiger charge is -2.27. The maximum absolute atomic E-state index is 13.6. The fourth-order valence-corrected chi connectivity index (χ4v) is 4.02.